The first kappa shape index (κ1) is 11.7. The first-order valence-electron chi connectivity index (χ1n) is 6.59. The SMILES string of the molecule is CC(O)C1CCN(C(=O)c2cc(C3CC3)on2)C1. The van der Waals surface area contributed by atoms with Crippen molar-refractivity contribution >= 4 is 5.91 Å². The third-order valence-electron chi connectivity index (χ3n) is 3.92. The van der Waals surface area contributed by atoms with Crippen LogP contribution in [0, 0.1) is 5.92 Å². The van der Waals surface area contributed by atoms with Gasteiger partial charge in [0.25, 0.3) is 5.91 Å². The maximum absolute atomic E-state index is 12.2. The van der Waals surface area contributed by atoms with E-state index in [4.69, 9.17) is 4.52 Å². The zero-order valence-corrected chi connectivity index (χ0v) is 10.5. The molecule has 0 bridgehead atoms. The highest BCUT2D eigenvalue weighted by Gasteiger charge is 2.33. The summed E-state index contributed by atoms with van der Waals surface area (Å²) in [6.45, 7) is 3.09. The van der Waals surface area contributed by atoms with Crippen molar-refractivity contribution in [2.45, 2.75) is 38.2 Å². The van der Waals surface area contributed by atoms with Crippen molar-refractivity contribution in [3.8, 4) is 0 Å². The molecule has 1 amide bonds. The molecule has 1 aromatic heterocycles. The van der Waals surface area contributed by atoms with E-state index in [1.807, 2.05) is 0 Å². The maximum Gasteiger partial charge on any atom is 0.276 e. The molecule has 0 aromatic carbocycles. The highest BCUT2D eigenvalue weighted by Crippen LogP contribution is 2.40. The number of carbonyl (C=O) groups excluding carboxylic acids is 1. The van der Waals surface area contributed by atoms with Crippen molar-refractivity contribution in [2.75, 3.05) is 13.1 Å². The van der Waals surface area contributed by atoms with E-state index in [-0.39, 0.29) is 17.9 Å². The van der Waals surface area contributed by atoms with Crippen LogP contribution in [0.15, 0.2) is 10.6 Å². The maximum atomic E-state index is 12.2. The van der Waals surface area contributed by atoms with Crippen LogP contribution in [0.2, 0.25) is 0 Å². The number of hydrogen-bond donors (Lipinski definition) is 1. The Morgan fingerprint density at radius 1 is 1.56 bits per heavy atom. The lowest BCUT2D eigenvalue weighted by molar-refractivity contribution is 0.0752. The second-order valence-electron chi connectivity index (χ2n) is 5.43. The van der Waals surface area contributed by atoms with Crippen LogP contribution in [-0.2, 0) is 0 Å². The smallest absolute Gasteiger partial charge is 0.276 e. The van der Waals surface area contributed by atoms with Crippen molar-refractivity contribution in [3.63, 3.8) is 0 Å². The van der Waals surface area contributed by atoms with E-state index in [9.17, 15) is 9.90 Å². The summed E-state index contributed by atoms with van der Waals surface area (Å²) in [5.41, 5.74) is 0.406. The Morgan fingerprint density at radius 3 is 2.94 bits per heavy atom. The van der Waals surface area contributed by atoms with Gasteiger partial charge in [0.1, 0.15) is 5.76 Å². The first-order valence-corrected chi connectivity index (χ1v) is 6.59. The van der Waals surface area contributed by atoms with Crippen LogP contribution >= 0.6 is 0 Å². The second-order valence-corrected chi connectivity index (χ2v) is 5.43. The summed E-state index contributed by atoms with van der Waals surface area (Å²) in [5, 5.41) is 13.4. The van der Waals surface area contributed by atoms with Gasteiger partial charge in [0.15, 0.2) is 5.69 Å². The van der Waals surface area contributed by atoms with Gasteiger partial charge in [-0.1, -0.05) is 5.16 Å². The van der Waals surface area contributed by atoms with Gasteiger partial charge in [0.2, 0.25) is 0 Å². The minimum absolute atomic E-state index is 0.0752. The van der Waals surface area contributed by atoms with Gasteiger partial charge >= 0.3 is 0 Å². The fraction of sp³-hybridized carbons (Fsp3) is 0.692. The molecular formula is C13H18N2O3. The standard InChI is InChI=1S/C13H18N2O3/c1-8(16)10-4-5-15(7-10)13(17)11-6-12(18-14-11)9-2-3-9/h6,8-10,16H,2-5,7H2,1H3. The van der Waals surface area contributed by atoms with Crippen LogP contribution < -0.4 is 0 Å². The predicted octanol–water partition coefficient (Wildman–Crippen LogP) is 1.39. The number of rotatable bonds is 3. The molecule has 0 spiro atoms. The number of aliphatic hydroxyl groups excluding tert-OH is 1. The molecular weight excluding hydrogens is 232 g/mol. The number of aliphatic hydroxyl groups is 1. The van der Waals surface area contributed by atoms with E-state index in [2.05, 4.69) is 5.16 Å². The Labute approximate surface area is 106 Å². The largest absolute Gasteiger partial charge is 0.393 e. The topological polar surface area (TPSA) is 66.6 Å². The summed E-state index contributed by atoms with van der Waals surface area (Å²) < 4.78 is 5.20. The average Bonchev–Trinajstić information content (AvgIpc) is 2.92. The third kappa shape index (κ3) is 2.14. The van der Waals surface area contributed by atoms with Gasteiger partial charge in [-0.3, -0.25) is 4.79 Å². The molecule has 98 valence electrons. The molecule has 1 aliphatic carbocycles. The molecule has 3 rings (SSSR count). The van der Waals surface area contributed by atoms with Crippen molar-refractivity contribution in [2.24, 2.45) is 5.92 Å². The van der Waals surface area contributed by atoms with Crippen LogP contribution in [0.5, 0.6) is 0 Å². The van der Waals surface area contributed by atoms with Crippen LogP contribution in [-0.4, -0.2) is 40.3 Å². The predicted molar refractivity (Wildman–Crippen MR) is 64.2 cm³/mol. The summed E-state index contributed by atoms with van der Waals surface area (Å²) in [6.07, 6.45) is 2.77. The molecule has 0 radical (unpaired) electrons. The van der Waals surface area contributed by atoms with E-state index in [0.717, 1.165) is 25.0 Å². The molecule has 2 aliphatic rings. The molecule has 5 nitrogen and oxygen atoms in total. The van der Waals surface area contributed by atoms with Crippen molar-refractivity contribution in [3.05, 3.63) is 17.5 Å². The monoisotopic (exact) mass is 250 g/mol. The quantitative estimate of drug-likeness (QED) is 0.880. The summed E-state index contributed by atoms with van der Waals surface area (Å²) in [6, 6.07) is 1.77. The summed E-state index contributed by atoms with van der Waals surface area (Å²) in [4.78, 5) is 13.9. The lowest BCUT2D eigenvalue weighted by atomic mass is 10.0. The Kier molecular flexibility index (Phi) is 2.86. The van der Waals surface area contributed by atoms with Gasteiger partial charge in [-0.15, -0.1) is 0 Å². The zero-order valence-electron chi connectivity index (χ0n) is 10.5. The molecule has 1 N–H and O–H groups in total. The van der Waals surface area contributed by atoms with Gasteiger partial charge in [-0.25, -0.2) is 0 Å². The average molecular weight is 250 g/mol. The number of likely N-dealkylation sites (tertiary alicyclic amines) is 1. The van der Waals surface area contributed by atoms with Gasteiger partial charge in [-0.05, 0) is 26.2 Å². The molecule has 2 heterocycles. The molecule has 2 unspecified atom stereocenters. The van der Waals surface area contributed by atoms with E-state index in [0.29, 0.717) is 24.7 Å². The second kappa shape index (κ2) is 4.39. The highest BCUT2D eigenvalue weighted by molar-refractivity contribution is 5.92. The lowest BCUT2D eigenvalue weighted by Gasteiger charge is -2.16. The first-order chi connectivity index (χ1) is 8.65. The van der Waals surface area contributed by atoms with E-state index in [1.54, 1.807) is 17.9 Å². The van der Waals surface area contributed by atoms with Crippen LogP contribution in [0.25, 0.3) is 0 Å². The Bertz CT molecular complexity index is 451. The Morgan fingerprint density at radius 2 is 2.33 bits per heavy atom. The molecule has 5 heteroatoms. The Hall–Kier alpha value is -1.36. The summed E-state index contributed by atoms with van der Waals surface area (Å²) >= 11 is 0. The third-order valence-corrected chi connectivity index (χ3v) is 3.92. The number of carbonyl (C=O) groups is 1. The lowest BCUT2D eigenvalue weighted by Crippen LogP contribution is -2.30. The van der Waals surface area contributed by atoms with Crippen molar-refractivity contribution in [1.82, 2.24) is 10.1 Å². The van der Waals surface area contributed by atoms with Gasteiger partial charge in [0.05, 0.1) is 6.10 Å². The van der Waals surface area contributed by atoms with E-state index in [1.165, 1.54) is 0 Å². The van der Waals surface area contributed by atoms with Crippen molar-refractivity contribution < 1.29 is 14.4 Å². The van der Waals surface area contributed by atoms with Crippen LogP contribution in [0.3, 0.4) is 0 Å². The zero-order chi connectivity index (χ0) is 12.7. The Balaban J connectivity index is 1.66. The molecule has 1 aliphatic heterocycles. The van der Waals surface area contributed by atoms with E-state index < -0.39 is 0 Å². The minimum atomic E-state index is -0.359. The van der Waals surface area contributed by atoms with Gasteiger partial charge in [0, 0.05) is 31.0 Å². The number of aromatic nitrogens is 1. The van der Waals surface area contributed by atoms with E-state index >= 15 is 0 Å². The molecule has 2 atom stereocenters. The molecule has 1 saturated heterocycles. The molecule has 2 fully saturated rings. The van der Waals surface area contributed by atoms with Crippen molar-refractivity contribution in [1.29, 1.82) is 0 Å². The van der Waals surface area contributed by atoms with Gasteiger partial charge in [-0.2, -0.15) is 0 Å². The molecule has 1 aromatic rings. The number of amides is 1. The normalized spacial score (nSPS) is 25.4. The molecule has 18 heavy (non-hydrogen) atoms. The van der Waals surface area contributed by atoms with Gasteiger partial charge < -0.3 is 14.5 Å². The fourth-order valence-electron chi connectivity index (χ4n) is 2.48. The number of hydrogen-bond acceptors (Lipinski definition) is 4. The van der Waals surface area contributed by atoms with Crippen LogP contribution in [0.1, 0.15) is 48.4 Å². The minimum Gasteiger partial charge on any atom is -0.393 e. The fourth-order valence-corrected chi connectivity index (χ4v) is 2.48. The summed E-state index contributed by atoms with van der Waals surface area (Å²) in [7, 11) is 0. The highest BCUT2D eigenvalue weighted by atomic mass is 16.5. The number of nitrogens with zero attached hydrogens (tertiary/aromatic N) is 2. The summed E-state index contributed by atoms with van der Waals surface area (Å²) in [5.74, 6) is 1.42. The van der Waals surface area contributed by atoms with Crippen LogP contribution in [0.4, 0.5) is 0 Å². The molecule has 1 saturated carbocycles.